The van der Waals surface area contributed by atoms with Crippen molar-refractivity contribution in [1.82, 2.24) is 9.80 Å². The summed E-state index contributed by atoms with van der Waals surface area (Å²) in [7, 11) is 8.08. The summed E-state index contributed by atoms with van der Waals surface area (Å²) in [5.41, 5.74) is 1.53. The van der Waals surface area contributed by atoms with Gasteiger partial charge in [0.25, 0.3) is 0 Å². The van der Waals surface area contributed by atoms with Crippen LogP contribution in [0.3, 0.4) is 0 Å². The first-order chi connectivity index (χ1) is 13.8. The van der Waals surface area contributed by atoms with Gasteiger partial charge in [-0.1, -0.05) is 0 Å². The van der Waals surface area contributed by atoms with E-state index < -0.39 is 0 Å². The molecule has 0 amide bonds. The highest BCUT2D eigenvalue weighted by Crippen LogP contribution is 2.35. The number of Topliss-reactive ketones (excluding diaryl/α,β-unsaturated/α-hetero) is 2. The Labute approximate surface area is 201 Å². The normalized spacial score (nSPS) is 11.0. The highest BCUT2D eigenvalue weighted by molar-refractivity contribution is 7.25. The summed E-state index contributed by atoms with van der Waals surface area (Å²) in [5.74, 6) is 0.369. The number of hydrogen-bond acceptors (Lipinski definition) is 5. The van der Waals surface area contributed by atoms with Crippen molar-refractivity contribution in [2.24, 2.45) is 0 Å². The lowest BCUT2D eigenvalue weighted by molar-refractivity contribution is 0.0969. The molecule has 4 nitrogen and oxygen atoms in total. The fourth-order valence-electron chi connectivity index (χ4n) is 3.52. The second-order valence-electron chi connectivity index (χ2n) is 8.18. The maximum atomic E-state index is 12.6. The topological polar surface area (TPSA) is 40.6 Å². The van der Waals surface area contributed by atoms with Crippen molar-refractivity contribution >= 4 is 67.9 Å². The standard InChI is InChI=1S/C24H30N2O2S.2ClH/c1-25(2)13-5-7-21(27)17-9-11-23-19(15-17)20-16-18(10-12-24(20)29-23)22(28)8-6-14-26(3)4;;/h9-12,15-16H,5-8,13-14H2,1-4H3;2*1H. The van der Waals surface area contributed by atoms with Crippen LogP contribution in [0.2, 0.25) is 0 Å². The Hall–Kier alpha value is -1.50. The molecule has 7 heteroatoms. The van der Waals surface area contributed by atoms with Crippen LogP contribution < -0.4 is 0 Å². The molecule has 0 spiro atoms. The molecule has 170 valence electrons. The van der Waals surface area contributed by atoms with Crippen LogP contribution in [0.25, 0.3) is 20.2 Å². The van der Waals surface area contributed by atoms with Crippen molar-refractivity contribution < 1.29 is 9.59 Å². The number of rotatable bonds is 10. The van der Waals surface area contributed by atoms with Crippen molar-refractivity contribution in [3.05, 3.63) is 47.5 Å². The molecule has 0 saturated carbocycles. The third kappa shape index (κ3) is 7.26. The smallest absolute Gasteiger partial charge is 0.162 e. The van der Waals surface area contributed by atoms with E-state index in [0.29, 0.717) is 12.8 Å². The summed E-state index contributed by atoms with van der Waals surface area (Å²) in [6, 6.07) is 12.0. The average molecular weight is 484 g/mol. The first kappa shape index (κ1) is 27.5. The predicted octanol–water partition coefficient (Wildman–Crippen LogP) is 5.95. The van der Waals surface area contributed by atoms with Crippen LogP contribution in [0.1, 0.15) is 46.4 Å². The van der Waals surface area contributed by atoms with Gasteiger partial charge in [-0.15, -0.1) is 36.2 Å². The molecule has 0 aliphatic carbocycles. The first-order valence-electron chi connectivity index (χ1n) is 10.2. The van der Waals surface area contributed by atoms with Crippen molar-refractivity contribution in [2.75, 3.05) is 41.3 Å². The molecule has 3 rings (SSSR count). The van der Waals surface area contributed by atoms with Crippen LogP contribution in [-0.2, 0) is 0 Å². The summed E-state index contributed by atoms with van der Waals surface area (Å²) in [6.45, 7) is 1.82. The maximum Gasteiger partial charge on any atom is 0.162 e. The van der Waals surface area contributed by atoms with Crippen LogP contribution in [0.4, 0.5) is 0 Å². The molecule has 1 heterocycles. The molecule has 0 N–H and O–H groups in total. The first-order valence-corrected chi connectivity index (χ1v) is 11.0. The Balaban J connectivity index is 0.00000240. The minimum atomic E-state index is 0. The maximum absolute atomic E-state index is 12.6. The second-order valence-corrected chi connectivity index (χ2v) is 9.27. The summed E-state index contributed by atoms with van der Waals surface area (Å²) >= 11 is 1.71. The number of carbonyl (C=O) groups excluding carboxylic acids is 2. The van der Waals surface area contributed by atoms with Gasteiger partial charge in [-0.3, -0.25) is 9.59 Å². The van der Waals surface area contributed by atoms with Crippen molar-refractivity contribution in [3.8, 4) is 0 Å². The van der Waals surface area contributed by atoms with E-state index >= 15 is 0 Å². The zero-order valence-corrected chi connectivity index (χ0v) is 21.1. The fraction of sp³-hybridized carbons (Fsp3) is 0.417. The van der Waals surface area contributed by atoms with Gasteiger partial charge < -0.3 is 9.80 Å². The molecule has 0 atom stereocenters. The van der Waals surface area contributed by atoms with E-state index in [-0.39, 0.29) is 36.4 Å². The van der Waals surface area contributed by atoms with Crippen LogP contribution in [0.5, 0.6) is 0 Å². The van der Waals surface area contributed by atoms with Crippen LogP contribution in [0, 0.1) is 0 Å². The molecular weight excluding hydrogens is 451 g/mol. The number of halogens is 2. The lowest BCUT2D eigenvalue weighted by Crippen LogP contribution is -2.14. The molecule has 0 radical (unpaired) electrons. The third-order valence-corrected chi connectivity index (χ3v) is 6.28. The van der Waals surface area contributed by atoms with E-state index in [1.807, 2.05) is 64.6 Å². The van der Waals surface area contributed by atoms with Crippen LogP contribution >= 0.6 is 36.2 Å². The van der Waals surface area contributed by atoms with Crippen molar-refractivity contribution in [1.29, 1.82) is 0 Å². The Morgan fingerprint density at radius 1 is 0.710 bits per heavy atom. The van der Waals surface area contributed by atoms with Gasteiger partial charge in [-0.05, 0) is 90.5 Å². The minimum absolute atomic E-state index is 0. The molecule has 0 fully saturated rings. The Kier molecular flexibility index (Phi) is 11.1. The van der Waals surface area contributed by atoms with Gasteiger partial charge in [0, 0.05) is 44.1 Å². The minimum Gasteiger partial charge on any atom is -0.309 e. The quantitative estimate of drug-likeness (QED) is 0.334. The summed E-state index contributed by atoms with van der Waals surface area (Å²) in [5, 5.41) is 2.15. The number of ketones is 2. The van der Waals surface area contributed by atoms with Gasteiger partial charge in [0.2, 0.25) is 0 Å². The summed E-state index contributed by atoms with van der Waals surface area (Å²) in [4.78, 5) is 29.4. The largest absolute Gasteiger partial charge is 0.309 e. The zero-order chi connectivity index (χ0) is 21.0. The van der Waals surface area contributed by atoms with Gasteiger partial charge in [0.1, 0.15) is 0 Å². The van der Waals surface area contributed by atoms with Gasteiger partial charge in [0.15, 0.2) is 11.6 Å². The molecule has 0 aliphatic heterocycles. The lowest BCUT2D eigenvalue weighted by atomic mass is 10.0. The second kappa shape index (κ2) is 12.5. The Morgan fingerprint density at radius 3 is 1.45 bits per heavy atom. The molecule has 0 unspecified atom stereocenters. The highest BCUT2D eigenvalue weighted by Gasteiger charge is 2.13. The van der Waals surface area contributed by atoms with Gasteiger partial charge >= 0.3 is 0 Å². The van der Waals surface area contributed by atoms with E-state index in [2.05, 4.69) is 9.80 Å². The molecular formula is C24H32Cl2N2O2S. The van der Waals surface area contributed by atoms with Gasteiger partial charge in [-0.25, -0.2) is 0 Å². The van der Waals surface area contributed by atoms with E-state index in [9.17, 15) is 9.59 Å². The lowest BCUT2D eigenvalue weighted by Gasteiger charge is -2.08. The molecule has 0 saturated heterocycles. The Bertz CT molecular complexity index is 951. The third-order valence-electron chi connectivity index (χ3n) is 5.13. The van der Waals surface area contributed by atoms with Crippen molar-refractivity contribution in [3.63, 3.8) is 0 Å². The van der Waals surface area contributed by atoms with E-state index in [0.717, 1.165) is 57.2 Å². The number of nitrogens with zero attached hydrogens (tertiary/aromatic N) is 2. The Morgan fingerprint density at radius 2 is 1.10 bits per heavy atom. The molecule has 3 aromatic rings. The van der Waals surface area contributed by atoms with Gasteiger partial charge in [-0.2, -0.15) is 0 Å². The van der Waals surface area contributed by atoms with Crippen molar-refractivity contribution in [2.45, 2.75) is 25.7 Å². The highest BCUT2D eigenvalue weighted by atomic mass is 35.5. The molecule has 1 aromatic heterocycles. The number of carbonyl (C=O) groups is 2. The number of hydrogen-bond donors (Lipinski definition) is 0. The molecule has 2 aromatic carbocycles. The molecule has 0 bridgehead atoms. The molecule has 0 aliphatic rings. The number of benzene rings is 2. The van der Waals surface area contributed by atoms with Gasteiger partial charge in [0.05, 0.1) is 0 Å². The predicted molar refractivity (Wildman–Crippen MR) is 138 cm³/mol. The van der Waals surface area contributed by atoms with Crippen LogP contribution in [0.15, 0.2) is 36.4 Å². The van der Waals surface area contributed by atoms with E-state index in [1.165, 1.54) is 0 Å². The fourth-order valence-corrected chi connectivity index (χ4v) is 4.59. The van der Waals surface area contributed by atoms with Crippen LogP contribution in [-0.4, -0.2) is 62.6 Å². The SMILES string of the molecule is CN(C)CCCC(=O)c1ccc2sc3ccc(C(=O)CCCN(C)C)cc3c2c1.Cl.Cl. The molecule has 31 heavy (non-hydrogen) atoms. The van der Waals surface area contributed by atoms with E-state index in [4.69, 9.17) is 0 Å². The number of fused-ring (bicyclic) bond motifs is 3. The monoisotopic (exact) mass is 482 g/mol. The summed E-state index contributed by atoms with van der Waals surface area (Å²) in [6.07, 6.45) is 2.84. The average Bonchev–Trinajstić information content (AvgIpc) is 3.04. The van der Waals surface area contributed by atoms with E-state index in [1.54, 1.807) is 11.3 Å². The summed E-state index contributed by atoms with van der Waals surface area (Å²) < 4.78 is 2.31. The zero-order valence-electron chi connectivity index (χ0n) is 18.6. The number of thiophene rings is 1.